The summed E-state index contributed by atoms with van der Waals surface area (Å²) in [6, 6.07) is 2.34. The maximum absolute atomic E-state index is 5.84. The molecular weight excluding hydrogens is 264 g/mol. The van der Waals surface area contributed by atoms with Gasteiger partial charge in [-0.2, -0.15) is 5.10 Å². The molecule has 0 radical (unpaired) electrons. The summed E-state index contributed by atoms with van der Waals surface area (Å²) in [7, 11) is 0. The Morgan fingerprint density at radius 2 is 2.05 bits per heavy atom. The molecule has 110 valence electrons. The Morgan fingerprint density at radius 3 is 2.71 bits per heavy atom. The second-order valence-electron chi connectivity index (χ2n) is 5.78. The van der Waals surface area contributed by atoms with Crippen molar-refractivity contribution in [2.75, 3.05) is 0 Å². The van der Waals surface area contributed by atoms with Crippen LogP contribution in [0.5, 0.6) is 5.88 Å². The molecule has 0 atom stereocenters. The molecule has 0 saturated heterocycles. The molecule has 5 heteroatoms. The van der Waals surface area contributed by atoms with E-state index >= 15 is 0 Å². The van der Waals surface area contributed by atoms with Crippen LogP contribution >= 0.6 is 0 Å². The van der Waals surface area contributed by atoms with Crippen LogP contribution in [0.3, 0.4) is 0 Å². The Bertz CT molecular complexity index is 685. The van der Waals surface area contributed by atoms with Gasteiger partial charge in [0.05, 0.1) is 30.1 Å². The molecule has 1 aliphatic heterocycles. The number of rotatable bonds is 4. The molecule has 0 saturated carbocycles. The first-order valence-corrected chi connectivity index (χ1v) is 7.30. The Hall–Kier alpha value is -2.17. The van der Waals surface area contributed by atoms with Crippen molar-refractivity contribution in [1.82, 2.24) is 14.8 Å². The topological polar surface area (TPSA) is 52.3 Å². The van der Waals surface area contributed by atoms with Crippen LogP contribution in [0.15, 0.2) is 29.6 Å². The van der Waals surface area contributed by atoms with Gasteiger partial charge in [-0.1, -0.05) is 0 Å². The third kappa shape index (κ3) is 2.55. The van der Waals surface area contributed by atoms with Gasteiger partial charge in [-0.15, -0.1) is 0 Å². The van der Waals surface area contributed by atoms with Crippen LogP contribution in [-0.2, 0) is 6.54 Å². The number of hydrogen-bond donors (Lipinski definition) is 0. The Labute approximate surface area is 124 Å². The second kappa shape index (κ2) is 5.31. The van der Waals surface area contributed by atoms with E-state index in [9.17, 15) is 0 Å². The SMILES string of the molecule is CC(C)Oc1nccc2c1C(c1cnn(C(C)C)c1)=NC2. The van der Waals surface area contributed by atoms with Gasteiger partial charge in [0.1, 0.15) is 0 Å². The molecule has 5 nitrogen and oxygen atoms in total. The lowest BCUT2D eigenvalue weighted by molar-refractivity contribution is 0.232. The molecule has 3 heterocycles. The summed E-state index contributed by atoms with van der Waals surface area (Å²) < 4.78 is 7.78. The first kappa shape index (κ1) is 13.8. The van der Waals surface area contributed by atoms with E-state index in [1.54, 1.807) is 6.20 Å². The molecular formula is C16H20N4O. The van der Waals surface area contributed by atoms with Crippen molar-refractivity contribution < 1.29 is 4.74 Å². The van der Waals surface area contributed by atoms with Crippen molar-refractivity contribution in [3.63, 3.8) is 0 Å². The van der Waals surface area contributed by atoms with Crippen LogP contribution < -0.4 is 4.74 Å². The summed E-state index contributed by atoms with van der Waals surface area (Å²) in [6.45, 7) is 8.90. The smallest absolute Gasteiger partial charge is 0.223 e. The number of aromatic nitrogens is 3. The zero-order valence-corrected chi connectivity index (χ0v) is 12.9. The monoisotopic (exact) mass is 284 g/mol. The van der Waals surface area contributed by atoms with Crippen molar-refractivity contribution in [3.8, 4) is 5.88 Å². The first-order chi connectivity index (χ1) is 10.1. The minimum Gasteiger partial charge on any atom is -0.474 e. The summed E-state index contributed by atoms with van der Waals surface area (Å²) in [5, 5.41) is 4.40. The number of aliphatic imine (C=N–C) groups is 1. The maximum atomic E-state index is 5.84. The maximum Gasteiger partial charge on any atom is 0.223 e. The molecule has 0 unspecified atom stereocenters. The number of hydrogen-bond acceptors (Lipinski definition) is 4. The Balaban J connectivity index is 2.01. The summed E-state index contributed by atoms with van der Waals surface area (Å²) in [5.41, 5.74) is 4.12. The van der Waals surface area contributed by atoms with E-state index in [0.29, 0.717) is 18.5 Å². The standard InChI is InChI=1S/C16H20N4O/c1-10(2)20-9-13(8-19-20)15-14-12(7-18-15)5-6-17-16(14)21-11(3)4/h5-6,8-11H,7H2,1-4H3. The van der Waals surface area contributed by atoms with Crippen LogP contribution in [0.2, 0.25) is 0 Å². The van der Waals surface area contributed by atoms with Crippen LogP contribution in [0.4, 0.5) is 0 Å². The van der Waals surface area contributed by atoms with Crippen LogP contribution in [0, 0.1) is 0 Å². The van der Waals surface area contributed by atoms with Gasteiger partial charge in [0.25, 0.3) is 0 Å². The fraction of sp³-hybridized carbons (Fsp3) is 0.438. The van der Waals surface area contributed by atoms with E-state index in [4.69, 9.17) is 4.74 Å². The molecule has 0 amide bonds. The van der Waals surface area contributed by atoms with Gasteiger partial charge >= 0.3 is 0 Å². The van der Waals surface area contributed by atoms with Crippen molar-refractivity contribution in [1.29, 1.82) is 0 Å². The highest BCUT2D eigenvalue weighted by Crippen LogP contribution is 2.30. The van der Waals surface area contributed by atoms with E-state index in [1.165, 1.54) is 0 Å². The zero-order valence-electron chi connectivity index (χ0n) is 12.9. The van der Waals surface area contributed by atoms with Gasteiger partial charge in [0, 0.05) is 24.0 Å². The number of fused-ring (bicyclic) bond motifs is 1. The highest BCUT2D eigenvalue weighted by atomic mass is 16.5. The molecule has 3 rings (SSSR count). The molecule has 2 aromatic heterocycles. The van der Waals surface area contributed by atoms with Crippen LogP contribution in [-0.4, -0.2) is 26.6 Å². The number of pyridine rings is 1. The van der Waals surface area contributed by atoms with E-state index in [1.807, 2.05) is 37.0 Å². The summed E-state index contributed by atoms with van der Waals surface area (Å²) in [5.74, 6) is 0.663. The fourth-order valence-electron chi connectivity index (χ4n) is 2.40. The summed E-state index contributed by atoms with van der Waals surface area (Å²) in [4.78, 5) is 9.04. The predicted molar refractivity (Wildman–Crippen MR) is 82.0 cm³/mol. The average molecular weight is 284 g/mol. The van der Waals surface area contributed by atoms with E-state index in [2.05, 4.69) is 28.9 Å². The van der Waals surface area contributed by atoms with Gasteiger partial charge in [-0.3, -0.25) is 9.67 Å². The van der Waals surface area contributed by atoms with Gasteiger partial charge in [-0.25, -0.2) is 4.98 Å². The average Bonchev–Trinajstić information content (AvgIpc) is 3.04. The van der Waals surface area contributed by atoms with Gasteiger partial charge in [0.2, 0.25) is 5.88 Å². The van der Waals surface area contributed by atoms with E-state index in [-0.39, 0.29) is 6.10 Å². The summed E-state index contributed by atoms with van der Waals surface area (Å²) >= 11 is 0. The third-order valence-electron chi connectivity index (χ3n) is 3.40. The highest BCUT2D eigenvalue weighted by molar-refractivity contribution is 6.16. The highest BCUT2D eigenvalue weighted by Gasteiger charge is 2.24. The van der Waals surface area contributed by atoms with Crippen LogP contribution in [0.1, 0.15) is 50.4 Å². The molecule has 2 aromatic rings. The van der Waals surface area contributed by atoms with Crippen molar-refractivity contribution in [2.45, 2.75) is 46.4 Å². The largest absolute Gasteiger partial charge is 0.474 e. The quantitative estimate of drug-likeness (QED) is 0.867. The zero-order chi connectivity index (χ0) is 15.0. The first-order valence-electron chi connectivity index (χ1n) is 7.30. The van der Waals surface area contributed by atoms with Crippen molar-refractivity contribution in [2.24, 2.45) is 4.99 Å². The van der Waals surface area contributed by atoms with Gasteiger partial charge in [-0.05, 0) is 39.3 Å². The number of ether oxygens (including phenoxy) is 1. The lowest BCUT2D eigenvalue weighted by Crippen LogP contribution is -2.12. The molecule has 0 aliphatic carbocycles. The predicted octanol–water partition coefficient (Wildman–Crippen LogP) is 3.00. The molecule has 0 aromatic carbocycles. The lowest BCUT2D eigenvalue weighted by atomic mass is 10.0. The molecule has 0 fully saturated rings. The van der Waals surface area contributed by atoms with Crippen molar-refractivity contribution in [3.05, 3.63) is 41.3 Å². The second-order valence-corrected chi connectivity index (χ2v) is 5.78. The molecule has 0 N–H and O–H groups in total. The Kier molecular flexibility index (Phi) is 3.49. The third-order valence-corrected chi connectivity index (χ3v) is 3.40. The molecule has 0 spiro atoms. The van der Waals surface area contributed by atoms with Gasteiger partial charge in [0.15, 0.2) is 0 Å². The minimum atomic E-state index is 0.0873. The molecule has 21 heavy (non-hydrogen) atoms. The normalized spacial score (nSPS) is 13.7. The number of nitrogens with zero attached hydrogens (tertiary/aromatic N) is 4. The summed E-state index contributed by atoms with van der Waals surface area (Å²) in [6.07, 6.45) is 5.77. The Morgan fingerprint density at radius 1 is 1.24 bits per heavy atom. The molecule has 0 bridgehead atoms. The van der Waals surface area contributed by atoms with Crippen LogP contribution in [0.25, 0.3) is 0 Å². The minimum absolute atomic E-state index is 0.0873. The lowest BCUT2D eigenvalue weighted by Gasteiger charge is -2.13. The van der Waals surface area contributed by atoms with E-state index < -0.39 is 0 Å². The van der Waals surface area contributed by atoms with Gasteiger partial charge < -0.3 is 4.74 Å². The molecule has 1 aliphatic rings. The van der Waals surface area contributed by atoms with Crippen molar-refractivity contribution >= 4 is 5.71 Å². The fourth-order valence-corrected chi connectivity index (χ4v) is 2.40. The van der Waals surface area contributed by atoms with E-state index in [0.717, 1.165) is 22.4 Å².